The van der Waals surface area contributed by atoms with Crippen LogP contribution in [0, 0.1) is 0 Å². The average Bonchev–Trinajstić information content (AvgIpc) is 3.32. The Hall–Kier alpha value is -3.13. The molecular formula is C18H17N5O3. The summed E-state index contributed by atoms with van der Waals surface area (Å²) in [5, 5.41) is 13.4. The fourth-order valence-corrected chi connectivity index (χ4v) is 3.23. The molecule has 3 aromatic heterocycles. The number of carboxylic acids is 1. The number of rotatable bonds is 5. The lowest BCUT2D eigenvalue weighted by Crippen LogP contribution is -2.24. The van der Waals surface area contributed by atoms with E-state index in [4.69, 9.17) is 4.52 Å². The van der Waals surface area contributed by atoms with Crippen LogP contribution >= 0.6 is 0 Å². The fourth-order valence-electron chi connectivity index (χ4n) is 3.23. The minimum absolute atomic E-state index is 0.0401. The highest BCUT2D eigenvalue weighted by Crippen LogP contribution is 2.33. The third kappa shape index (κ3) is 3.18. The first-order valence-electron chi connectivity index (χ1n) is 8.37. The van der Waals surface area contributed by atoms with Gasteiger partial charge in [-0.15, -0.1) is 0 Å². The molecule has 0 spiro atoms. The van der Waals surface area contributed by atoms with Gasteiger partial charge in [-0.25, -0.2) is 4.79 Å². The summed E-state index contributed by atoms with van der Waals surface area (Å²) in [6.45, 7) is 1.26. The number of likely N-dealkylation sites (tertiary alicyclic amines) is 1. The minimum atomic E-state index is -0.971. The third-order valence-corrected chi connectivity index (χ3v) is 4.50. The van der Waals surface area contributed by atoms with E-state index in [0.717, 1.165) is 24.9 Å². The quantitative estimate of drug-likeness (QED) is 0.748. The molecule has 1 saturated heterocycles. The Morgan fingerprint density at radius 1 is 1.27 bits per heavy atom. The van der Waals surface area contributed by atoms with Crippen LogP contribution in [0.2, 0.25) is 0 Å². The van der Waals surface area contributed by atoms with Crippen molar-refractivity contribution in [1.82, 2.24) is 25.0 Å². The molecule has 4 rings (SSSR count). The van der Waals surface area contributed by atoms with Gasteiger partial charge >= 0.3 is 5.97 Å². The van der Waals surface area contributed by atoms with Crippen LogP contribution in [-0.4, -0.2) is 42.6 Å². The van der Waals surface area contributed by atoms with Crippen molar-refractivity contribution in [2.24, 2.45) is 0 Å². The summed E-state index contributed by atoms with van der Waals surface area (Å²) < 4.78 is 5.49. The van der Waals surface area contributed by atoms with E-state index in [2.05, 4.69) is 25.0 Å². The Kier molecular flexibility index (Phi) is 4.40. The minimum Gasteiger partial charge on any atom is -0.478 e. The predicted octanol–water partition coefficient (Wildman–Crippen LogP) is 2.56. The number of nitrogens with zero attached hydrogens (tertiary/aromatic N) is 5. The smallest absolute Gasteiger partial charge is 0.337 e. The zero-order valence-corrected chi connectivity index (χ0v) is 13.9. The highest BCUT2D eigenvalue weighted by atomic mass is 16.5. The molecule has 1 N–H and O–H groups in total. The number of carbonyl (C=O) groups is 1. The average molecular weight is 351 g/mol. The Morgan fingerprint density at radius 2 is 2.12 bits per heavy atom. The van der Waals surface area contributed by atoms with Gasteiger partial charge in [0.05, 0.1) is 17.3 Å². The van der Waals surface area contributed by atoms with Gasteiger partial charge in [0.1, 0.15) is 0 Å². The Morgan fingerprint density at radius 3 is 2.92 bits per heavy atom. The molecular weight excluding hydrogens is 334 g/mol. The van der Waals surface area contributed by atoms with Crippen LogP contribution in [0.15, 0.2) is 47.4 Å². The fraction of sp³-hybridized carbons (Fsp3) is 0.278. The van der Waals surface area contributed by atoms with Crippen molar-refractivity contribution in [3.05, 3.63) is 60.0 Å². The first-order valence-corrected chi connectivity index (χ1v) is 8.37. The molecule has 1 atom stereocenters. The molecule has 1 fully saturated rings. The molecule has 0 saturated carbocycles. The van der Waals surface area contributed by atoms with E-state index in [0.29, 0.717) is 24.0 Å². The summed E-state index contributed by atoms with van der Waals surface area (Å²) in [5.41, 5.74) is 1.61. The van der Waals surface area contributed by atoms with Crippen LogP contribution < -0.4 is 0 Å². The van der Waals surface area contributed by atoms with Crippen molar-refractivity contribution in [2.45, 2.75) is 25.4 Å². The zero-order valence-electron chi connectivity index (χ0n) is 13.9. The van der Waals surface area contributed by atoms with E-state index < -0.39 is 5.97 Å². The molecule has 3 aromatic rings. The van der Waals surface area contributed by atoms with Crippen molar-refractivity contribution in [3.8, 4) is 11.4 Å². The Balaban J connectivity index is 1.56. The summed E-state index contributed by atoms with van der Waals surface area (Å²) in [7, 11) is 0. The summed E-state index contributed by atoms with van der Waals surface area (Å²) in [6, 6.07) is 6.82. The number of pyridine rings is 2. The van der Waals surface area contributed by atoms with Gasteiger partial charge in [-0.05, 0) is 43.7 Å². The first kappa shape index (κ1) is 16.3. The van der Waals surface area contributed by atoms with Gasteiger partial charge in [-0.2, -0.15) is 4.98 Å². The van der Waals surface area contributed by atoms with Crippen molar-refractivity contribution in [2.75, 3.05) is 6.54 Å². The van der Waals surface area contributed by atoms with Crippen LogP contribution in [0.25, 0.3) is 11.4 Å². The zero-order chi connectivity index (χ0) is 17.9. The highest BCUT2D eigenvalue weighted by molar-refractivity contribution is 5.88. The summed E-state index contributed by atoms with van der Waals surface area (Å²) in [6.07, 6.45) is 6.84. The van der Waals surface area contributed by atoms with Gasteiger partial charge in [-0.3, -0.25) is 14.9 Å². The van der Waals surface area contributed by atoms with Crippen LogP contribution in [-0.2, 0) is 6.54 Å². The van der Waals surface area contributed by atoms with Gasteiger partial charge in [0.25, 0.3) is 0 Å². The third-order valence-electron chi connectivity index (χ3n) is 4.50. The lowest BCUT2D eigenvalue weighted by Gasteiger charge is -2.21. The maximum Gasteiger partial charge on any atom is 0.337 e. The van der Waals surface area contributed by atoms with Crippen LogP contribution in [0.3, 0.4) is 0 Å². The second kappa shape index (κ2) is 7.01. The second-order valence-corrected chi connectivity index (χ2v) is 6.12. The largest absolute Gasteiger partial charge is 0.478 e. The SMILES string of the molecule is O=C(O)c1cccnc1CN1CCCC1c1nc(-c2ccncc2)no1. The van der Waals surface area contributed by atoms with E-state index in [1.165, 1.54) is 0 Å². The molecule has 132 valence electrons. The molecule has 1 aliphatic heterocycles. The van der Waals surface area contributed by atoms with E-state index in [1.54, 1.807) is 30.7 Å². The van der Waals surface area contributed by atoms with Crippen molar-refractivity contribution in [1.29, 1.82) is 0 Å². The molecule has 1 unspecified atom stereocenters. The van der Waals surface area contributed by atoms with Gasteiger partial charge in [-0.1, -0.05) is 5.16 Å². The second-order valence-electron chi connectivity index (χ2n) is 6.12. The van der Waals surface area contributed by atoms with Gasteiger partial charge in [0.15, 0.2) is 0 Å². The van der Waals surface area contributed by atoms with Crippen molar-refractivity contribution < 1.29 is 14.4 Å². The first-order chi connectivity index (χ1) is 12.7. The van der Waals surface area contributed by atoms with Crippen LogP contribution in [0.4, 0.5) is 0 Å². The Bertz CT molecular complexity index is 912. The standard InChI is InChI=1S/C18H17N5O3/c24-18(25)13-3-1-7-20-14(13)11-23-10-2-4-15(23)17-21-16(22-26-17)12-5-8-19-9-6-12/h1,3,5-9,15H,2,4,10-11H2,(H,24,25). The van der Waals surface area contributed by atoms with E-state index >= 15 is 0 Å². The van der Waals surface area contributed by atoms with E-state index in [9.17, 15) is 9.90 Å². The molecule has 1 aliphatic rings. The molecule has 8 nitrogen and oxygen atoms in total. The maximum atomic E-state index is 11.4. The molecule has 0 radical (unpaired) electrons. The molecule has 0 aliphatic carbocycles. The highest BCUT2D eigenvalue weighted by Gasteiger charge is 2.32. The number of carboxylic acid groups (broad SMARTS) is 1. The summed E-state index contributed by atoms with van der Waals surface area (Å²) in [5.74, 6) is 0.0991. The number of aromatic carboxylic acids is 1. The van der Waals surface area contributed by atoms with Crippen molar-refractivity contribution in [3.63, 3.8) is 0 Å². The maximum absolute atomic E-state index is 11.4. The molecule has 8 heteroatoms. The number of hydrogen-bond donors (Lipinski definition) is 1. The van der Waals surface area contributed by atoms with Crippen LogP contribution in [0.1, 0.15) is 40.8 Å². The van der Waals surface area contributed by atoms with Gasteiger partial charge in [0.2, 0.25) is 11.7 Å². The molecule has 4 heterocycles. The molecule has 0 aromatic carbocycles. The monoisotopic (exact) mass is 351 g/mol. The Labute approximate surface area is 149 Å². The lowest BCUT2D eigenvalue weighted by molar-refractivity contribution is 0.0693. The molecule has 0 amide bonds. The summed E-state index contributed by atoms with van der Waals surface area (Å²) in [4.78, 5) is 26.3. The lowest BCUT2D eigenvalue weighted by atomic mass is 10.1. The number of aromatic nitrogens is 4. The summed E-state index contributed by atoms with van der Waals surface area (Å²) >= 11 is 0. The topological polar surface area (TPSA) is 105 Å². The van der Waals surface area contributed by atoms with E-state index in [-0.39, 0.29) is 11.6 Å². The number of hydrogen-bond acceptors (Lipinski definition) is 7. The van der Waals surface area contributed by atoms with Crippen LogP contribution in [0.5, 0.6) is 0 Å². The van der Waals surface area contributed by atoms with E-state index in [1.807, 2.05) is 12.1 Å². The predicted molar refractivity (Wildman–Crippen MR) is 91.1 cm³/mol. The molecule has 26 heavy (non-hydrogen) atoms. The van der Waals surface area contributed by atoms with Crippen molar-refractivity contribution >= 4 is 5.97 Å². The molecule has 0 bridgehead atoms. The van der Waals surface area contributed by atoms with Gasteiger partial charge < -0.3 is 9.63 Å². The van der Waals surface area contributed by atoms with Gasteiger partial charge in [0, 0.05) is 30.7 Å². The normalized spacial score (nSPS) is 17.5.